The molecule has 2 nitrogen and oxygen atoms in total. The van der Waals surface area contributed by atoms with Crippen LogP contribution in [0.5, 0.6) is 0 Å². The summed E-state index contributed by atoms with van der Waals surface area (Å²) >= 11 is 0. The molecule has 1 aromatic rings. The molecule has 1 aliphatic rings. The molecule has 0 bridgehead atoms. The van der Waals surface area contributed by atoms with Gasteiger partial charge in [-0.05, 0) is 50.0 Å². The van der Waals surface area contributed by atoms with E-state index in [-0.39, 0.29) is 0 Å². The fourth-order valence-electron chi connectivity index (χ4n) is 2.72. The van der Waals surface area contributed by atoms with Gasteiger partial charge in [-0.2, -0.15) is 0 Å². The van der Waals surface area contributed by atoms with Gasteiger partial charge in [0.05, 0.1) is 6.61 Å². The molecule has 2 heteroatoms. The molecule has 0 saturated carbocycles. The second kappa shape index (κ2) is 6.07. The molecule has 0 amide bonds. The van der Waals surface area contributed by atoms with Gasteiger partial charge in [0.1, 0.15) is 5.76 Å². The summed E-state index contributed by atoms with van der Waals surface area (Å²) in [5.41, 5.74) is 4.13. The maximum absolute atomic E-state index is 5.36. The minimum Gasteiger partial charge on any atom is -0.495 e. The van der Waals surface area contributed by atoms with Gasteiger partial charge >= 0.3 is 0 Å². The Balaban J connectivity index is 2.27. The van der Waals surface area contributed by atoms with E-state index < -0.39 is 0 Å². The number of hydrogen-bond acceptors (Lipinski definition) is 2. The molecule has 0 fully saturated rings. The van der Waals surface area contributed by atoms with Crippen molar-refractivity contribution in [2.24, 2.45) is 0 Å². The van der Waals surface area contributed by atoms with Crippen molar-refractivity contribution < 1.29 is 4.74 Å². The smallest absolute Gasteiger partial charge is 0.112 e. The summed E-state index contributed by atoms with van der Waals surface area (Å²) in [6.07, 6.45) is 5.14. The van der Waals surface area contributed by atoms with E-state index in [1.807, 2.05) is 13.0 Å². The SMILES string of the molecule is C=C(/C=C/c1cccc2c1C[C@H](C)N[C@H]2C)OCC. The second-order valence-electron chi connectivity index (χ2n) is 5.14. The monoisotopic (exact) mass is 257 g/mol. The molecule has 1 aliphatic heterocycles. The van der Waals surface area contributed by atoms with Crippen LogP contribution in [0, 0.1) is 0 Å². The highest BCUT2D eigenvalue weighted by atomic mass is 16.5. The number of ether oxygens (including phenoxy) is 1. The van der Waals surface area contributed by atoms with E-state index in [1.54, 1.807) is 0 Å². The molecule has 0 saturated heterocycles. The first kappa shape index (κ1) is 13.9. The van der Waals surface area contributed by atoms with Crippen molar-refractivity contribution >= 4 is 6.08 Å². The van der Waals surface area contributed by atoms with E-state index in [2.05, 4.69) is 50.0 Å². The van der Waals surface area contributed by atoms with Crippen molar-refractivity contribution in [2.45, 2.75) is 39.3 Å². The molecule has 2 atom stereocenters. The van der Waals surface area contributed by atoms with Gasteiger partial charge in [0, 0.05) is 12.1 Å². The Kier molecular flexibility index (Phi) is 4.43. The number of nitrogens with one attached hydrogen (secondary N) is 1. The number of hydrogen-bond donors (Lipinski definition) is 1. The van der Waals surface area contributed by atoms with E-state index in [0.717, 1.165) is 12.2 Å². The summed E-state index contributed by atoms with van der Waals surface area (Å²) < 4.78 is 5.36. The molecule has 0 unspecified atom stereocenters. The lowest BCUT2D eigenvalue weighted by molar-refractivity contribution is 0.244. The zero-order valence-electron chi connectivity index (χ0n) is 12.1. The third-order valence-corrected chi connectivity index (χ3v) is 3.54. The zero-order valence-corrected chi connectivity index (χ0v) is 12.1. The topological polar surface area (TPSA) is 21.3 Å². The van der Waals surface area contributed by atoms with Crippen LogP contribution in [0.2, 0.25) is 0 Å². The average Bonchev–Trinajstić information content (AvgIpc) is 2.36. The van der Waals surface area contributed by atoms with Crippen LogP contribution in [0.25, 0.3) is 6.08 Å². The van der Waals surface area contributed by atoms with E-state index in [4.69, 9.17) is 4.74 Å². The van der Waals surface area contributed by atoms with Crippen LogP contribution >= 0.6 is 0 Å². The van der Waals surface area contributed by atoms with Crippen LogP contribution in [0.4, 0.5) is 0 Å². The van der Waals surface area contributed by atoms with E-state index >= 15 is 0 Å². The highest BCUT2D eigenvalue weighted by Crippen LogP contribution is 2.28. The molecule has 0 radical (unpaired) electrons. The van der Waals surface area contributed by atoms with Gasteiger partial charge in [-0.15, -0.1) is 0 Å². The summed E-state index contributed by atoms with van der Waals surface area (Å²) in [6, 6.07) is 7.44. The van der Waals surface area contributed by atoms with Crippen LogP contribution in [-0.2, 0) is 11.2 Å². The van der Waals surface area contributed by atoms with Gasteiger partial charge in [-0.1, -0.05) is 30.9 Å². The van der Waals surface area contributed by atoms with Gasteiger partial charge < -0.3 is 10.1 Å². The molecule has 19 heavy (non-hydrogen) atoms. The Morgan fingerprint density at radius 2 is 2.26 bits per heavy atom. The van der Waals surface area contributed by atoms with Gasteiger partial charge in [0.15, 0.2) is 0 Å². The molecule has 0 spiro atoms. The third-order valence-electron chi connectivity index (χ3n) is 3.54. The van der Waals surface area contributed by atoms with Crippen molar-refractivity contribution in [3.8, 4) is 0 Å². The minimum absolute atomic E-state index is 0.419. The average molecular weight is 257 g/mol. The highest BCUT2D eigenvalue weighted by molar-refractivity contribution is 5.59. The van der Waals surface area contributed by atoms with Crippen molar-refractivity contribution in [2.75, 3.05) is 6.61 Å². The maximum Gasteiger partial charge on any atom is 0.112 e. The molecule has 102 valence electrons. The van der Waals surface area contributed by atoms with Crippen molar-refractivity contribution in [1.82, 2.24) is 5.32 Å². The summed E-state index contributed by atoms with van der Waals surface area (Å²) in [5, 5.41) is 3.58. The summed E-state index contributed by atoms with van der Waals surface area (Å²) in [4.78, 5) is 0. The van der Waals surface area contributed by atoms with Gasteiger partial charge in [-0.25, -0.2) is 0 Å². The summed E-state index contributed by atoms with van der Waals surface area (Å²) in [5.74, 6) is 0.718. The summed E-state index contributed by atoms with van der Waals surface area (Å²) in [7, 11) is 0. The Morgan fingerprint density at radius 1 is 1.47 bits per heavy atom. The lowest BCUT2D eigenvalue weighted by Crippen LogP contribution is -2.36. The molecule has 2 rings (SSSR count). The molecule has 0 aromatic heterocycles. The van der Waals surface area contributed by atoms with Crippen molar-refractivity contribution in [3.63, 3.8) is 0 Å². The third kappa shape index (κ3) is 3.27. The Bertz CT molecular complexity index is 490. The van der Waals surface area contributed by atoms with Crippen molar-refractivity contribution in [1.29, 1.82) is 0 Å². The Labute approximate surface area is 116 Å². The number of benzene rings is 1. The van der Waals surface area contributed by atoms with Crippen LogP contribution < -0.4 is 5.32 Å². The Hall–Kier alpha value is -1.54. The van der Waals surface area contributed by atoms with Crippen LogP contribution in [0.3, 0.4) is 0 Å². The van der Waals surface area contributed by atoms with Crippen LogP contribution in [0.1, 0.15) is 43.5 Å². The first-order valence-electron chi connectivity index (χ1n) is 6.99. The largest absolute Gasteiger partial charge is 0.495 e. The molecule has 1 N–H and O–H groups in total. The highest BCUT2D eigenvalue weighted by Gasteiger charge is 2.21. The van der Waals surface area contributed by atoms with E-state index in [1.165, 1.54) is 16.7 Å². The zero-order chi connectivity index (χ0) is 13.8. The van der Waals surface area contributed by atoms with Gasteiger partial charge in [-0.3, -0.25) is 0 Å². The molecule has 1 heterocycles. The van der Waals surface area contributed by atoms with Gasteiger partial charge in [0.25, 0.3) is 0 Å². The van der Waals surface area contributed by atoms with Crippen molar-refractivity contribution in [3.05, 3.63) is 53.3 Å². The van der Waals surface area contributed by atoms with E-state index in [9.17, 15) is 0 Å². The van der Waals surface area contributed by atoms with E-state index in [0.29, 0.717) is 18.7 Å². The van der Waals surface area contributed by atoms with Crippen LogP contribution in [0.15, 0.2) is 36.6 Å². The number of allylic oxidation sites excluding steroid dienone is 1. The fourth-order valence-corrected chi connectivity index (χ4v) is 2.72. The first-order valence-corrected chi connectivity index (χ1v) is 6.99. The number of fused-ring (bicyclic) bond motifs is 1. The first-order chi connectivity index (χ1) is 9.11. The predicted molar refractivity (Wildman–Crippen MR) is 81.0 cm³/mol. The maximum atomic E-state index is 5.36. The fraction of sp³-hybridized carbons (Fsp3) is 0.412. The normalized spacial score (nSPS) is 22.3. The number of rotatable bonds is 4. The van der Waals surface area contributed by atoms with Gasteiger partial charge in [0.2, 0.25) is 0 Å². The van der Waals surface area contributed by atoms with Crippen LogP contribution in [-0.4, -0.2) is 12.6 Å². The molecular formula is C17H23NO. The lowest BCUT2D eigenvalue weighted by atomic mass is 9.88. The molecule has 1 aromatic carbocycles. The Morgan fingerprint density at radius 3 is 3.00 bits per heavy atom. The second-order valence-corrected chi connectivity index (χ2v) is 5.14. The molecule has 0 aliphatic carbocycles. The summed E-state index contributed by atoms with van der Waals surface area (Å²) in [6.45, 7) is 11.0. The standard InChI is InChI=1S/C17H23NO/c1-5-19-13(3)9-10-15-7-6-8-16-14(4)18-12(2)11-17(15)16/h6-10,12,14,18H,3,5,11H2,1-2,4H3/b10-9+/t12-,14-/m0/s1. The quantitative estimate of drug-likeness (QED) is 0.653. The lowest BCUT2D eigenvalue weighted by Gasteiger charge is -2.30. The molecular weight excluding hydrogens is 234 g/mol. The predicted octanol–water partition coefficient (Wildman–Crippen LogP) is 3.85. The minimum atomic E-state index is 0.419.